The Bertz CT molecular complexity index is 859. The van der Waals surface area contributed by atoms with Gasteiger partial charge in [0.1, 0.15) is 0 Å². The van der Waals surface area contributed by atoms with Crippen LogP contribution in [0.4, 0.5) is 5.69 Å². The zero-order valence-corrected chi connectivity index (χ0v) is 15.9. The van der Waals surface area contributed by atoms with Crippen LogP contribution in [-0.2, 0) is 9.63 Å². The summed E-state index contributed by atoms with van der Waals surface area (Å²) in [4.78, 5) is 17.9. The monoisotopic (exact) mass is 390 g/mol. The van der Waals surface area contributed by atoms with Gasteiger partial charge in [-0.3, -0.25) is 4.79 Å². The van der Waals surface area contributed by atoms with Crippen molar-refractivity contribution in [1.82, 2.24) is 0 Å². The van der Waals surface area contributed by atoms with Crippen molar-refractivity contribution in [2.45, 2.75) is 12.5 Å². The molecule has 1 heterocycles. The molecule has 1 N–H and O–H groups in total. The van der Waals surface area contributed by atoms with E-state index < -0.39 is 6.10 Å². The fraction of sp³-hybridized carbons (Fsp3) is 0.263. The largest absolute Gasteiger partial charge is 0.493 e. The molecule has 1 aliphatic rings. The Hall–Kier alpha value is -2.93. The van der Waals surface area contributed by atoms with Gasteiger partial charge < -0.3 is 24.4 Å². The third-order valence-electron chi connectivity index (χ3n) is 4.08. The maximum atomic E-state index is 12.6. The first-order valence-electron chi connectivity index (χ1n) is 8.15. The van der Waals surface area contributed by atoms with E-state index in [-0.39, 0.29) is 5.91 Å². The second-order valence-electron chi connectivity index (χ2n) is 5.72. The van der Waals surface area contributed by atoms with Crippen LogP contribution in [0.2, 0.25) is 5.02 Å². The summed E-state index contributed by atoms with van der Waals surface area (Å²) in [6.45, 7) is 0. The minimum atomic E-state index is -0.754. The number of amides is 1. The fourth-order valence-corrected chi connectivity index (χ4v) is 2.99. The maximum absolute atomic E-state index is 12.6. The van der Waals surface area contributed by atoms with E-state index in [0.29, 0.717) is 40.1 Å². The predicted octanol–water partition coefficient (Wildman–Crippen LogP) is 3.50. The number of methoxy groups -OCH3 is 3. The number of ether oxygens (including phenoxy) is 3. The van der Waals surface area contributed by atoms with Crippen LogP contribution in [0.1, 0.15) is 12.0 Å². The highest BCUT2D eigenvalue weighted by Crippen LogP contribution is 2.40. The molecule has 0 aromatic heterocycles. The van der Waals surface area contributed by atoms with Crippen molar-refractivity contribution in [2.24, 2.45) is 5.16 Å². The molecule has 1 aliphatic heterocycles. The van der Waals surface area contributed by atoms with Gasteiger partial charge in [-0.1, -0.05) is 35.0 Å². The van der Waals surface area contributed by atoms with Crippen molar-refractivity contribution in [2.75, 3.05) is 26.6 Å². The van der Waals surface area contributed by atoms with Crippen LogP contribution in [0, 0.1) is 0 Å². The molecule has 2 aromatic rings. The van der Waals surface area contributed by atoms with Gasteiger partial charge in [0.25, 0.3) is 5.91 Å². The van der Waals surface area contributed by atoms with Gasteiger partial charge in [0.15, 0.2) is 11.5 Å². The first-order valence-corrected chi connectivity index (χ1v) is 8.53. The van der Waals surface area contributed by atoms with Gasteiger partial charge >= 0.3 is 0 Å². The Morgan fingerprint density at radius 2 is 1.81 bits per heavy atom. The highest BCUT2D eigenvalue weighted by molar-refractivity contribution is 6.34. The second-order valence-corrected chi connectivity index (χ2v) is 6.13. The smallest absolute Gasteiger partial charge is 0.268 e. The zero-order chi connectivity index (χ0) is 19.4. The van der Waals surface area contributed by atoms with Gasteiger partial charge in [0, 0.05) is 34.8 Å². The minimum absolute atomic E-state index is 0.319. The van der Waals surface area contributed by atoms with Gasteiger partial charge in [-0.25, -0.2) is 0 Å². The average molecular weight is 391 g/mol. The molecule has 0 unspecified atom stereocenters. The van der Waals surface area contributed by atoms with E-state index >= 15 is 0 Å². The summed E-state index contributed by atoms with van der Waals surface area (Å²) in [6.07, 6.45) is -0.435. The number of nitrogens with one attached hydrogen (secondary N) is 1. The number of anilines is 1. The summed E-state index contributed by atoms with van der Waals surface area (Å²) in [7, 11) is 4.53. The van der Waals surface area contributed by atoms with Gasteiger partial charge in [-0.15, -0.1) is 0 Å². The standard InChI is InChI=1S/C19H19ClN2O5/c1-24-15-8-11(9-16(25-2)18(15)26-3)21-19(23)17-10-14(22-27-17)12-6-4-5-7-13(12)20/h4-9,17H,10H2,1-3H3,(H,21,23)/t17-/m0/s1. The third-order valence-corrected chi connectivity index (χ3v) is 4.41. The summed E-state index contributed by atoms with van der Waals surface area (Å²) in [5, 5.41) is 7.35. The normalized spacial score (nSPS) is 15.6. The van der Waals surface area contributed by atoms with Crippen molar-refractivity contribution in [1.29, 1.82) is 0 Å². The fourth-order valence-electron chi connectivity index (χ4n) is 2.75. The molecule has 27 heavy (non-hydrogen) atoms. The van der Waals surface area contributed by atoms with E-state index in [4.69, 9.17) is 30.6 Å². The Morgan fingerprint density at radius 3 is 2.41 bits per heavy atom. The average Bonchev–Trinajstić information content (AvgIpc) is 3.17. The molecular formula is C19H19ClN2O5. The first kappa shape index (κ1) is 18.8. The third kappa shape index (κ3) is 3.93. The van der Waals surface area contributed by atoms with Crippen LogP contribution in [0.3, 0.4) is 0 Å². The van der Waals surface area contributed by atoms with Crippen LogP contribution in [-0.4, -0.2) is 39.1 Å². The lowest BCUT2D eigenvalue weighted by Gasteiger charge is -2.15. The Kier molecular flexibility index (Phi) is 5.71. The molecule has 0 saturated heterocycles. The number of halogens is 1. The van der Waals surface area contributed by atoms with Gasteiger partial charge in [-0.05, 0) is 6.07 Å². The Morgan fingerprint density at radius 1 is 1.15 bits per heavy atom. The van der Waals surface area contributed by atoms with E-state index in [2.05, 4.69) is 10.5 Å². The van der Waals surface area contributed by atoms with E-state index in [1.54, 1.807) is 18.2 Å². The van der Waals surface area contributed by atoms with E-state index in [9.17, 15) is 4.79 Å². The molecular weight excluding hydrogens is 372 g/mol. The van der Waals surface area contributed by atoms with Crippen LogP contribution in [0.15, 0.2) is 41.6 Å². The molecule has 0 saturated carbocycles. The molecule has 2 aromatic carbocycles. The van der Waals surface area contributed by atoms with Crippen molar-refractivity contribution in [3.63, 3.8) is 0 Å². The molecule has 3 rings (SSSR count). The van der Waals surface area contributed by atoms with Crippen molar-refractivity contribution < 1.29 is 23.8 Å². The van der Waals surface area contributed by atoms with Crippen molar-refractivity contribution >= 4 is 28.9 Å². The molecule has 0 bridgehead atoms. The minimum Gasteiger partial charge on any atom is -0.493 e. The van der Waals surface area contributed by atoms with Crippen LogP contribution in [0.25, 0.3) is 0 Å². The lowest BCUT2D eigenvalue weighted by atomic mass is 10.0. The lowest BCUT2D eigenvalue weighted by molar-refractivity contribution is -0.125. The molecule has 0 radical (unpaired) electrons. The molecule has 0 aliphatic carbocycles. The molecule has 1 amide bonds. The Labute approximate surface area is 161 Å². The van der Waals surface area contributed by atoms with Crippen LogP contribution < -0.4 is 19.5 Å². The number of rotatable bonds is 6. The topological polar surface area (TPSA) is 78.4 Å². The predicted molar refractivity (Wildman–Crippen MR) is 102 cm³/mol. The van der Waals surface area contributed by atoms with Gasteiger partial charge in [-0.2, -0.15) is 0 Å². The number of oxime groups is 1. The first-order chi connectivity index (χ1) is 13.1. The maximum Gasteiger partial charge on any atom is 0.268 e. The SMILES string of the molecule is COc1cc(NC(=O)[C@@H]2CC(c3ccccc3Cl)=NO2)cc(OC)c1OC. The summed E-state index contributed by atoms with van der Waals surface area (Å²) in [6, 6.07) is 10.6. The molecule has 142 valence electrons. The highest BCUT2D eigenvalue weighted by Gasteiger charge is 2.30. The Balaban J connectivity index is 1.73. The highest BCUT2D eigenvalue weighted by atomic mass is 35.5. The van der Waals surface area contributed by atoms with E-state index in [0.717, 1.165) is 5.56 Å². The molecule has 0 spiro atoms. The molecule has 1 atom stereocenters. The number of hydrogen-bond donors (Lipinski definition) is 1. The summed E-state index contributed by atoms with van der Waals surface area (Å²) in [5.41, 5.74) is 1.87. The number of carbonyl (C=O) groups is 1. The second kappa shape index (κ2) is 8.18. The van der Waals surface area contributed by atoms with Crippen LogP contribution in [0.5, 0.6) is 17.2 Å². The van der Waals surface area contributed by atoms with Crippen molar-refractivity contribution in [3.8, 4) is 17.2 Å². The number of carbonyl (C=O) groups excluding carboxylic acids is 1. The lowest BCUT2D eigenvalue weighted by Crippen LogP contribution is -2.28. The quantitative estimate of drug-likeness (QED) is 0.816. The van der Waals surface area contributed by atoms with Gasteiger partial charge in [0.05, 0.1) is 27.0 Å². The summed E-state index contributed by atoms with van der Waals surface area (Å²) < 4.78 is 15.9. The molecule has 7 nitrogen and oxygen atoms in total. The number of nitrogens with zero attached hydrogens (tertiary/aromatic N) is 1. The summed E-state index contributed by atoms with van der Waals surface area (Å²) >= 11 is 6.18. The number of hydrogen-bond acceptors (Lipinski definition) is 6. The molecule has 0 fully saturated rings. The summed E-state index contributed by atoms with van der Waals surface area (Å²) in [5.74, 6) is 0.981. The number of benzene rings is 2. The van der Waals surface area contributed by atoms with E-state index in [1.165, 1.54) is 21.3 Å². The van der Waals surface area contributed by atoms with Crippen molar-refractivity contribution in [3.05, 3.63) is 47.0 Å². The molecule has 8 heteroatoms. The van der Waals surface area contributed by atoms with E-state index in [1.807, 2.05) is 18.2 Å². The zero-order valence-electron chi connectivity index (χ0n) is 15.1. The van der Waals surface area contributed by atoms with Crippen LogP contribution >= 0.6 is 11.6 Å². The van der Waals surface area contributed by atoms with Gasteiger partial charge in [0.2, 0.25) is 11.9 Å².